The first-order chi connectivity index (χ1) is 9.13. The zero-order chi connectivity index (χ0) is 14.1. The number of esters is 1. The Hall–Kier alpha value is -2.06. The van der Waals surface area contributed by atoms with Gasteiger partial charge in [-0.3, -0.25) is 4.79 Å². The van der Waals surface area contributed by atoms with Crippen molar-refractivity contribution in [3.63, 3.8) is 0 Å². The fourth-order valence-electron chi connectivity index (χ4n) is 1.15. The number of carbonyl (C=O) groups is 2. The van der Waals surface area contributed by atoms with E-state index in [-0.39, 0.29) is 13.2 Å². The maximum absolute atomic E-state index is 11.4. The highest BCUT2D eigenvalue weighted by molar-refractivity contribution is 9.10. The third-order valence-electron chi connectivity index (χ3n) is 2.04. The summed E-state index contributed by atoms with van der Waals surface area (Å²) in [7, 11) is 0. The second-order valence-electron chi connectivity index (χ2n) is 3.44. The molecule has 0 aliphatic carbocycles. The van der Waals surface area contributed by atoms with Crippen LogP contribution in [0.3, 0.4) is 0 Å². The van der Waals surface area contributed by atoms with E-state index in [0.29, 0.717) is 0 Å². The fraction of sp³-hybridized carbons (Fsp3) is 0.143. The summed E-state index contributed by atoms with van der Waals surface area (Å²) in [6.07, 6.45) is 7.83. The molecule has 19 heavy (non-hydrogen) atoms. The maximum atomic E-state index is 11.4. The van der Waals surface area contributed by atoms with Crippen molar-refractivity contribution >= 4 is 33.9 Å². The van der Waals surface area contributed by atoms with Crippen LogP contribution in [0.4, 0.5) is 0 Å². The monoisotopic (exact) mass is 321 g/mol. The van der Waals surface area contributed by atoms with E-state index in [9.17, 15) is 9.59 Å². The molecule has 0 unspecified atom stereocenters. The van der Waals surface area contributed by atoms with Crippen molar-refractivity contribution in [1.29, 1.82) is 0 Å². The fourth-order valence-corrected chi connectivity index (χ4v) is 1.57. The minimum atomic E-state index is -0.591. The quantitative estimate of drug-likeness (QED) is 0.510. The molecule has 4 nitrogen and oxygen atoms in total. The van der Waals surface area contributed by atoms with E-state index in [1.165, 1.54) is 6.08 Å². The van der Waals surface area contributed by atoms with Crippen LogP contribution < -0.4 is 5.32 Å². The van der Waals surface area contributed by atoms with Gasteiger partial charge < -0.3 is 10.1 Å². The Bertz CT molecular complexity index is 532. The first kappa shape index (κ1) is 15.0. The smallest absolute Gasteiger partial charge is 0.331 e. The highest BCUT2D eigenvalue weighted by atomic mass is 79.9. The lowest BCUT2D eigenvalue weighted by atomic mass is 10.2. The van der Waals surface area contributed by atoms with Gasteiger partial charge in [0.1, 0.15) is 0 Å². The molecule has 0 heterocycles. The summed E-state index contributed by atoms with van der Waals surface area (Å²) >= 11 is 3.35. The highest BCUT2D eigenvalue weighted by Gasteiger charge is 2.03. The van der Waals surface area contributed by atoms with Gasteiger partial charge in [-0.25, -0.2) is 4.79 Å². The molecule has 1 aromatic rings. The van der Waals surface area contributed by atoms with Crippen LogP contribution in [0.1, 0.15) is 5.56 Å². The maximum Gasteiger partial charge on any atom is 0.331 e. The van der Waals surface area contributed by atoms with Gasteiger partial charge in [0.05, 0.1) is 6.54 Å². The van der Waals surface area contributed by atoms with Crippen LogP contribution in [0.15, 0.2) is 34.8 Å². The summed E-state index contributed by atoms with van der Waals surface area (Å²) in [6, 6.07) is 7.42. The van der Waals surface area contributed by atoms with Crippen LogP contribution in [0.5, 0.6) is 0 Å². The van der Waals surface area contributed by atoms with Gasteiger partial charge in [-0.05, 0) is 17.7 Å². The largest absolute Gasteiger partial charge is 0.452 e. The number of carbonyl (C=O) groups excluding carboxylic acids is 2. The Morgan fingerprint density at radius 1 is 1.42 bits per heavy atom. The molecule has 1 rings (SSSR count). The van der Waals surface area contributed by atoms with Crippen molar-refractivity contribution in [2.24, 2.45) is 0 Å². The number of terminal acetylenes is 1. The molecule has 0 fully saturated rings. The third kappa shape index (κ3) is 5.89. The summed E-state index contributed by atoms with van der Waals surface area (Å²) in [6.45, 7) is -0.232. The van der Waals surface area contributed by atoms with Gasteiger partial charge in [-0.15, -0.1) is 6.42 Å². The van der Waals surface area contributed by atoms with Gasteiger partial charge in [0.2, 0.25) is 0 Å². The topological polar surface area (TPSA) is 55.4 Å². The van der Waals surface area contributed by atoms with E-state index in [0.717, 1.165) is 10.0 Å². The van der Waals surface area contributed by atoms with Crippen LogP contribution in [-0.4, -0.2) is 25.0 Å². The Balaban J connectivity index is 2.42. The second kappa shape index (κ2) is 8.11. The van der Waals surface area contributed by atoms with Gasteiger partial charge >= 0.3 is 5.97 Å². The van der Waals surface area contributed by atoms with Gasteiger partial charge in [0.25, 0.3) is 5.91 Å². The van der Waals surface area contributed by atoms with Crippen LogP contribution in [0.2, 0.25) is 0 Å². The predicted molar refractivity (Wildman–Crippen MR) is 76.0 cm³/mol. The molecule has 1 N–H and O–H groups in total. The Morgan fingerprint density at radius 2 is 2.16 bits per heavy atom. The summed E-state index contributed by atoms with van der Waals surface area (Å²) < 4.78 is 5.61. The minimum absolute atomic E-state index is 0.114. The number of benzene rings is 1. The number of hydrogen-bond acceptors (Lipinski definition) is 3. The number of nitrogens with one attached hydrogen (secondary N) is 1. The van der Waals surface area contributed by atoms with Crippen molar-refractivity contribution in [3.05, 3.63) is 40.4 Å². The molecule has 0 aliphatic rings. The number of amides is 1. The normalized spacial score (nSPS) is 9.89. The average Bonchev–Trinajstić information content (AvgIpc) is 2.42. The zero-order valence-electron chi connectivity index (χ0n) is 10.1. The average molecular weight is 322 g/mol. The molecule has 0 aliphatic heterocycles. The summed E-state index contributed by atoms with van der Waals surface area (Å²) in [5.74, 6) is 1.23. The first-order valence-electron chi connectivity index (χ1n) is 5.43. The molecule has 1 amide bonds. The van der Waals surface area contributed by atoms with E-state index < -0.39 is 11.9 Å². The summed E-state index contributed by atoms with van der Waals surface area (Å²) in [4.78, 5) is 22.5. The molecule has 0 saturated heterocycles. The van der Waals surface area contributed by atoms with Gasteiger partial charge in [0.15, 0.2) is 6.61 Å². The predicted octanol–water partition coefficient (Wildman–Crippen LogP) is 1.75. The standard InChI is InChI=1S/C14H12BrNO3/c1-2-9-16-13(17)10-19-14(18)8-7-11-5-3-4-6-12(11)15/h1,3-8H,9-10H2,(H,16,17)/b8-7+. The Kier molecular flexibility index (Phi) is 6.41. The Labute approximate surface area is 120 Å². The van der Waals surface area contributed by atoms with E-state index in [1.54, 1.807) is 6.08 Å². The van der Waals surface area contributed by atoms with E-state index in [4.69, 9.17) is 11.2 Å². The third-order valence-corrected chi connectivity index (χ3v) is 2.76. The molecule has 98 valence electrons. The van der Waals surface area contributed by atoms with Crippen LogP contribution in [0.25, 0.3) is 6.08 Å². The molecule has 0 saturated carbocycles. The minimum Gasteiger partial charge on any atom is -0.452 e. The van der Waals surface area contributed by atoms with E-state index >= 15 is 0 Å². The highest BCUT2D eigenvalue weighted by Crippen LogP contribution is 2.16. The molecule has 1 aromatic carbocycles. The lowest BCUT2D eigenvalue weighted by Crippen LogP contribution is -2.28. The van der Waals surface area contributed by atoms with Crippen molar-refractivity contribution in [2.75, 3.05) is 13.2 Å². The molecule has 0 spiro atoms. The molecular weight excluding hydrogens is 310 g/mol. The van der Waals surface area contributed by atoms with Gasteiger partial charge in [-0.1, -0.05) is 40.0 Å². The molecule has 5 heteroatoms. The number of ether oxygens (including phenoxy) is 1. The molecule has 0 bridgehead atoms. The molecule has 0 aromatic heterocycles. The Morgan fingerprint density at radius 3 is 2.84 bits per heavy atom. The molecular formula is C14H12BrNO3. The zero-order valence-corrected chi connectivity index (χ0v) is 11.6. The lowest BCUT2D eigenvalue weighted by molar-refractivity contribution is -0.143. The van der Waals surface area contributed by atoms with Crippen molar-refractivity contribution in [3.8, 4) is 12.3 Å². The van der Waals surface area contributed by atoms with Crippen LogP contribution in [0, 0.1) is 12.3 Å². The summed E-state index contributed by atoms with van der Waals surface area (Å²) in [5, 5.41) is 2.39. The number of halogens is 1. The van der Waals surface area contributed by atoms with Crippen LogP contribution in [-0.2, 0) is 14.3 Å². The summed E-state index contributed by atoms with van der Waals surface area (Å²) in [5.41, 5.74) is 0.844. The van der Waals surface area contributed by atoms with Crippen molar-refractivity contribution in [2.45, 2.75) is 0 Å². The van der Waals surface area contributed by atoms with E-state index in [2.05, 4.69) is 27.2 Å². The van der Waals surface area contributed by atoms with Crippen molar-refractivity contribution < 1.29 is 14.3 Å². The first-order valence-corrected chi connectivity index (χ1v) is 6.22. The number of hydrogen-bond donors (Lipinski definition) is 1. The molecule has 0 atom stereocenters. The van der Waals surface area contributed by atoms with Gasteiger partial charge in [0, 0.05) is 10.5 Å². The van der Waals surface area contributed by atoms with Crippen LogP contribution >= 0.6 is 15.9 Å². The number of rotatable bonds is 5. The van der Waals surface area contributed by atoms with Gasteiger partial charge in [-0.2, -0.15) is 0 Å². The second-order valence-corrected chi connectivity index (χ2v) is 4.30. The lowest BCUT2D eigenvalue weighted by Gasteiger charge is -2.02. The van der Waals surface area contributed by atoms with Crippen molar-refractivity contribution in [1.82, 2.24) is 5.32 Å². The SMILES string of the molecule is C#CCNC(=O)COC(=O)/C=C/c1ccccc1Br. The van der Waals surface area contributed by atoms with E-state index in [1.807, 2.05) is 24.3 Å². The molecule has 0 radical (unpaired) electrons.